The number of aromatic nitrogens is 1. The van der Waals surface area contributed by atoms with Crippen LogP contribution in [0.1, 0.15) is 11.1 Å². The lowest BCUT2D eigenvalue weighted by Crippen LogP contribution is -2.12. The average Bonchev–Trinajstić information content (AvgIpc) is 2.45. The summed E-state index contributed by atoms with van der Waals surface area (Å²) in [6.45, 7) is 0.336. The summed E-state index contributed by atoms with van der Waals surface area (Å²) in [5, 5.41) is 8.79. The van der Waals surface area contributed by atoms with Crippen molar-refractivity contribution in [3.63, 3.8) is 0 Å². The van der Waals surface area contributed by atoms with Crippen molar-refractivity contribution in [2.45, 2.75) is 6.61 Å². The number of nitrogen functional groups attached to an aromatic ring is 1. The summed E-state index contributed by atoms with van der Waals surface area (Å²) in [5.41, 5.74) is 3.93. The molecule has 0 aliphatic rings. The lowest BCUT2D eigenvalue weighted by molar-refractivity contribution is 0.306. The third-order valence-corrected chi connectivity index (χ3v) is 2.39. The molecule has 0 radical (unpaired) electrons. The minimum atomic E-state index is 0.336. The number of nitriles is 1. The minimum Gasteiger partial charge on any atom is -0.489 e. The van der Waals surface area contributed by atoms with Crippen LogP contribution >= 0.6 is 0 Å². The number of anilines is 1. The molecule has 2 aromatic rings. The first-order valence-corrected chi connectivity index (χ1v) is 5.37. The van der Waals surface area contributed by atoms with Crippen LogP contribution < -0.4 is 16.0 Å². The molecule has 0 bridgehead atoms. The smallest absolute Gasteiger partial charge is 0.146 e. The highest BCUT2D eigenvalue weighted by atomic mass is 16.5. The maximum atomic E-state index is 8.79. The van der Waals surface area contributed by atoms with Gasteiger partial charge in [-0.3, -0.25) is 0 Å². The molecule has 0 saturated heterocycles. The third-order valence-electron chi connectivity index (χ3n) is 2.39. The molecule has 1 aromatic carbocycles. The summed E-state index contributed by atoms with van der Waals surface area (Å²) in [6.07, 6.45) is 1.65. The van der Waals surface area contributed by atoms with E-state index in [4.69, 9.17) is 15.8 Å². The fourth-order valence-corrected chi connectivity index (χ4v) is 1.50. The highest BCUT2D eigenvalue weighted by molar-refractivity contribution is 5.42. The highest BCUT2D eigenvalue weighted by Crippen LogP contribution is 2.17. The second kappa shape index (κ2) is 5.66. The van der Waals surface area contributed by atoms with Gasteiger partial charge in [0.15, 0.2) is 0 Å². The fourth-order valence-electron chi connectivity index (χ4n) is 1.50. The first-order valence-electron chi connectivity index (χ1n) is 5.37. The largest absolute Gasteiger partial charge is 0.489 e. The predicted octanol–water partition coefficient (Wildman–Crippen LogP) is 1.82. The van der Waals surface area contributed by atoms with Gasteiger partial charge < -0.3 is 10.2 Å². The Kier molecular flexibility index (Phi) is 3.74. The molecule has 0 fully saturated rings. The van der Waals surface area contributed by atoms with E-state index in [-0.39, 0.29) is 0 Å². The van der Waals surface area contributed by atoms with Gasteiger partial charge in [0.1, 0.15) is 18.2 Å². The Hall–Kier alpha value is -2.58. The van der Waals surface area contributed by atoms with Crippen molar-refractivity contribution >= 4 is 5.82 Å². The molecule has 0 spiro atoms. The van der Waals surface area contributed by atoms with Gasteiger partial charge in [0.25, 0.3) is 0 Å². The summed E-state index contributed by atoms with van der Waals surface area (Å²) in [6, 6.07) is 12.7. The summed E-state index contributed by atoms with van der Waals surface area (Å²) in [7, 11) is 0. The fraction of sp³-hybridized carbons (Fsp3) is 0.0769. The van der Waals surface area contributed by atoms with Crippen LogP contribution in [0.15, 0.2) is 42.6 Å². The SMILES string of the molecule is N#Cc1cccc(OCc2cccnc2NN)c1. The molecule has 18 heavy (non-hydrogen) atoms. The molecule has 1 heterocycles. The Morgan fingerprint density at radius 1 is 1.33 bits per heavy atom. The molecule has 1 aromatic heterocycles. The van der Waals surface area contributed by atoms with Crippen molar-refractivity contribution in [2.24, 2.45) is 5.84 Å². The Balaban J connectivity index is 2.09. The zero-order valence-corrected chi connectivity index (χ0v) is 9.63. The number of benzene rings is 1. The number of ether oxygens (including phenoxy) is 1. The van der Waals surface area contributed by atoms with Crippen LogP contribution in [0, 0.1) is 11.3 Å². The number of nitrogens with one attached hydrogen (secondary N) is 1. The van der Waals surface area contributed by atoms with E-state index in [1.807, 2.05) is 12.1 Å². The minimum absolute atomic E-state index is 0.336. The molecule has 0 aliphatic heterocycles. The molecule has 0 amide bonds. The maximum absolute atomic E-state index is 8.79. The van der Waals surface area contributed by atoms with Crippen LogP contribution in [0.3, 0.4) is 0 Å². The molecular weight excluding hydrogens is 228 g/mol. The van der Waals surface area contributed by atoms with Gasteiger partial charge in [0.05, 0.1) is 11.6 Å². The molecule has 3 N–H and O–H groups in total. The number of hydrazine groups is 1. The van der Waals surface area contributed by atoms with Gasteiger partial charge in [0.2, 0.25) is 0 Å². The number of nitrogens with two attached hydrogens (primary N) is 1. The topological polar surface area (TPSA) is 84.0 Å². The Morgan fingerprint density at radius 3 is 3.00 bits per heavy atom. The number of hydrogen-bond donors (Lipinski definition) is 2. The van der Waals surface area contributed by atoms with Crippen molar-refractivity contribution in [1.82, 2.24) is 4.98 Å². The summed E-state index contributed by atoms with van der Waals surface area (Å²) in [4.78, 5) is 4.07. The van der Waals surface area contributed by atoms with E-state index in [0.717, 1.165) is 5.56 Å². The van der Waals surface area contributed by atoms with Gasteiger partial charge in [-0.25, -0.2) is 10.8 Å². The van der Waals surface area contributed by atoms with Crippen LogP contribution in [-0.4, -0.2) is 4.98 Å². The Bertz CT molecular complexity index is 577. The second-order valence-electron chi connectivity index (χ2n) is 3.58. The number of rotatable bonds is 4. The molecule has 90 valence electrons. The van der Waals surface area contributed by atoms with Crippen molar-refractivity contribution in [3.8, 4) is 11.8 Å². The normalized spacial score (nSPS) is 9.56. The van der Waals surface area contributed by atoms with Gasteiger partial charge in [0, 0.05) is 11.8 Å². The molecule has 5 heteroatoms. The molecule has 2 rings (SSSR count). The molecule has 0 atom stereocenters. The Morgan fingerprint density at radius 2 is 2.22 bits per heavy atom. The van der Waals surface area contributed by atoms with Crippen LogP contribution in [0.5, 0.6) is 5.75 Å². The average molecular weight is 240 g/mol. The first kappa shape index (κ1) is 11.9. The molecule has 0 unspecified atom stereocenters. The summed E-state index contributed by atoms with van der Waals surface area (Å²) >= 11 is 0. The third kappa shape index (κ3) is 2.75. The van der Waals surface area contributed by atoms with E-state index >= 15 is 0 Å². The standard InChI is InChI=1S/C13H12N4O/c14-8-10-3-1-5-12(7-10)18-9-11-4-2-6-16-13(11)17-15/h1-7H,9,15H2,(H,16,17). The maximum Gasteiger partial charge on any atom is 0.146 e. The predicted molar refractivity (Wildman–Crippen MR) is 67.5 cm³/mol. The van der Waals surface area contributed by atoms with E-state index in [2.05, 4.69) is 16.5 Å². The highest BCUT2D eigenvalue weighted by Gasteiger charge is 2.03. The van der Waals surface area contributed by atoms with Crippen molar-refractivity contribution in [2.75, 3.05) is 5.43 Å². The van der Waals surface area contributed by atoms with E-state index in [1.54, 1.807) is 30.5 Å². The number of nitrogens with zero attached hydrogens (tertiary/aromatic N) is 2. The van der Waals surface area contributed by atoms with Crippen LogP contribution in [0.25, 0.3) is 0 Å². The van der Waals surface area contributed by atoms with Gasteiger partial charge >= 0.3 is 0 Å². The van der Waals surface area contributed by atoms with Gasteiger partial charge in [-0.1, -0.05) is 12.1 Å². The molecule has 0 saturated carbocycles. The van der Waals surface area contributed by atoms with Crippen molar-refractivity contribution in [1.29, 1.82) is 5.26 Å². The van der Waals surface area contributed by atoms with E-state index in [1.165, 1.54) is 0 Å². The molecule has 0 aliphatic carbocycles. The summed E-state index contributed by atoms with van der Waals surface area (Å²) in [5.74, 6) is 6.57. The van der Waals surface area contributed by atoms with E-state index in [0.29, 0.717) is 23.7 Å². The number of pyridine rings is 1. The van der Waals surface area contributed by atoms with Crippen LogP contribution in [0.2, 0.25) is 0 Å². The zero-order valence-electron chi connectivity index (χ0n) is 9.63. The van der Waals surface area contributed by atoms with Gasteiger partial charge in [-0.2, -0.15) is 5.26 Å². The van der Waals surface area contributed by atoms with Crippen molar-refractivity contribution in [3.05, 3.63) is 53.7 Å². The van der Waals surface area contributed by atoms with E-state index in [9.17, 15) is 0 Å². The quantitative estimate of drug-likeness (QED) is 0.629. The lowest BCUT2D eigenvalue weighted by Gasteiger charge is -2.09. The number of hydrogen-bond acceptors (Lipinski definition) is 5. The second-order valence-corrected chi connectivity index (χ2v) is 3.58. The Labute approximate surface area is 105 Å². The zero-order chi connectivity index (χ0) is 12.8. The monoisotopic (exact) mass is 240 g/mol. The van der Waals surface area contributed by atoms with E-state index < -0.39 is 0 Å². The van der Waals surface area contributed by atoms with Gasteiger partial charge in [-0.15, -0.1) is 0 Å². The van der Waals surface area contributed by atoms with Crippen molar-refractivity contribution < 1.29 is 4.74 Å². The van der Waals surface area contributed by atoms with Crippen LogP contribution in [0.4, 0.5) is 5.82 Å². The lowest BCUT2D eigenvalue weighted by atomic mass is 10.2. The van der Waals surface area contributed by atoms with Gasteiger partial charge in [-0.05, 0) is 24.3 Å². The van der Waals surface area contributed by atoms with Crippen LogP contribution in [-0.2, 0) is 6.61 Å². The first-order chi connectivity index (χ1) is 8.83. The molecular formula is C13H12N4O. The molecule has 5 nitrogen and oxygen atoms in total. The summed E-state index contributed by atoms with van der Waals surface area (Å²) < 4.78 is 5.59.